The number of benzene rings is 4. The molecule has 1 aliphatic heterocycles. The first-order chi connectivity index (χ1) is 21.7. The number of anilines is 1. The number of ether oxygens (including phenoxy) is 1. The largest absolute Gasteiger partial charge is 0.457 e. The molecule has 0 saturated heterocycles. The van der Waals surface area contributed by atoms with Gasteiger partial charge in [-0.1, -0.05) is 51.1 Å². The van der Waals surface area contributed by atoms with Gasteiger partial charge in [-0.15, -0.1) is 11.3 Å². The lowest BCUT2D eigenvalue weighted by atomic mass is 9.88. The van der Waals surface area contributed by atoms with Crippen molar-refractivity contribution in [2.24, 2.45) is 0 Å². The molecule has 0 spiro atoms. The molecule has 6 heteroatoms. The highest BCUT2D eigenvalue weighted by Crippen LogP contribution is 2.44. The maximum Gasteiger partial charge on any atom is 0.137 e. The highest BCUT2D eigenvalue weighted by Gasteiger charge is 2.22. The quantitative estimate of drug-likeness (QED) is 0.195. The number of nitrogens with zero attached hydrogens (tertiary/aromatic N) is 4. The second-order valence-electron chi connectivity index (χ2n) is 13.2. The van der Waals surface area contributed by atoms with Crippen LogP contribution in [0.4, 0.5) is 5.69 Å². The fourth-order valence-corrected chi connectivity index (χ4v) is 7.51. The van der Waals surface area contributed by atoms with Gasteiger partial charge in [0.1, 0.15) is 17.3 Å². The number of hydrogen-bond donors (Lipinski definition) is 0. The normalized spacial score (nSPS) is 13.8. The van der Waals surface area contributed by atoms with E-state index in [-0.39, 0.29) is 5.41 Å². The van der Waals surface area contributed by atoms with Crippen molar-refractivity contribution in [2.45, 2.75) is 46.1 Å². The van der Waals surface area contributed by atoms with Crippen LogP contribution in [0.25, 0.3) is 47.8 Å². The first-order valence-corrected chi connectivity index (χ1v) is 16.4. The smallest absolute Gasteiger partial charge is 0.137 e. The van der Waals surface area contributed by atoms with Crippen LogP contribution in [0.15, 0.2) is 110 Å². The monoisotopic (exact) mass is 608 g/mol. The summed E-state index contributed by atoms with van der Waals surface area (Å²) in [6.45, 7) is 12.0. The van der Waals surface area contributed by atoms with Crippen LogP contribution in [0.3, 0.4) is 0 Å². The van der Waals surface area contributed by atoms with Gasteiger partial charge in [-0.05, 0) is 73.4 Å². The van der Waals surface area contributed by atoms with Crippen LogP contribution < -0.4 is 9.64 Å². The highest BCUT2D eigenvalue weighted by molar-refractivity contribution is 7.26. The van der Waals surface area contributed by atoms with Crippen molar-refractivity contribution in [3.05, 3.63) is 115 Å². The van der Waals surface area contributed by atoms with Crippen molar-refractivity contribution < 1.29 is 4.74 Å². The number of aromatic nitrogens is 2. The van der Waals surface area contributed by atoms with Crippen molar-refractivity contribution in [1.82, 2.24) is 14.5 Å². The lowest BCUT2D eigenvalue weighted by Crippen LogP contribution is -2.30. The SMILES string of the molecule is CC(C)N1C=CN(c2cccc(Oc3ccc4c5ccc6sc7ccccc7c6c5n(-c5cc(C(C)(C)C)ccn5)c4c3)c2)C1. The lowest BCUT2D eigenvalue weighted by molar-refractivity contribution is 0.336. The van der Waals surface area contributed by atoms with Gasteiger partial charge in [0.05, 0.1) is 17.7 Å². The molecular weight excluding hydrogens is 573 g/mol. The molecule has 224 valence electrons. The zero-order valence-electron chi connectivity index (χ0n) is 26.3. The topological polar surface area (TPSA) is 33.5 Å². The van der Waals surface area contributed by atoms with Gasteiger partial charge in [-0.3, -0.25) is 4.57 Å². The van der Waals surface area contributed by atoms with E-state index in [9.17, 15) is 0 Å². The Bertz CT molecular complexity index is 2270. The van der Waals surface area contributed by atoms with Gasteiger partial charge in [0.15, 0.2) is 0 Å². The fraction of sp³-hybridized carbons (Fsp3) is 0.205. The molecule has 0 atom stereocenters. The molecule has 45 heavy (non-hydrogen) atoms. The first-order valence-electron chi connectivity index (χ1n) is 15.6. The Balaban J connectivity index is 1.30. The van der Waals surface area contributed by atoms with Gasteiger partial charge in [0.25, 0.3) is 0 Å². The van der Waals surface area contributed by atoms with E-state index in [1.165, 1.54) is 42.0 Å². The van der Waals surface area contributed by atoms with Crippen LogP contribution in [0.5, 0.6) is 11.5 Å². The summed E-state index contributed by atoms with van der Waals surface area (Å²) in [4.78, 5) is 9.53. The van der Waals surface area contributed by atoms with E-state index in [1.54, 1.807) is 0 Å². The minimum atomic E-state index is -0.00311. The molecule has 0 amide bonds. The molecule has 0 radical (unpaired) electrons. The standard InChI is InChI=1S/C39H36N4OS/c1-25(2)41-19-20-42(24-41)27-9-8-10-28(22-27)44-29-13-14-30-31-15-16-35-37(32-11-6-7-12-34(32)45-35)38(31)43(33(30)23-29)36-21-26(17-18-40-36)39(3,4)5/h6-23,25H,24H2,1-5H3. The van der Waals surface area contributed by atoms with Crippen molar-refractivity contribution in [2.75, 3.05) is 11.6 Å². The van der Waals surface area contributed by atoms with Crippen molar-refractivity contribution in [3.63, 3.8) is 0 Å². The Morgan fingerprint density at radius 1 is 0.778 bits per heavy atom. The van der Waals surface area contributed by atoms with Crippen LogP contribution in [-0.2, 0) is 5.41 Å². The molecule has 4 heterocycles. The third kappa shape index (κ3) is 4.72. The van der Waals surface area contributed by atoms with E-state index >= 15 is 0 Å². The number of rotatable bonds is 5. The van der Waals surface area contributed by atoms with Crippen LogP contribution in [0.2, 0.25) is 0 Å². The third-order valence-corrected chi connectivity index (χ3v) is 10.0. The summed E-state index contributed by atoms with van der Waals surface area (Å²) in [5, 5.41) is 4.95. The number of hydrogen-bond acceptors (Lipinski definition) is 5. The average molecular weight is 609 g/mol. The van der Waals surface area contributed by atoms with Gasteiger partial charge >= 0.3 is 0 Å². The number of thiophene rings is 1. The van der Waals surface area contributed by atoms with Gasteiger partial charge in [-0.25, -0.2) is 4.98 Å². The first kappa shape index (κ1) is 27.7. The van der Waals surface area contributed by atoms with E-state index < -0.39 is 0 Å². The zero-order valence-corrected chi connectivity index (χ0v) is 27.1. The second-order valence-corrected chi connectivity index (χ2v) is 14.3. The molecule has 5 nitrogen and oxygen atoms in total. The Hall–Kier alpha value is -4.81. The Morgan fingerprint density at radius 3 is 2.42 bits per heavy atom. The van der Waals surface area contributed by atoms with Crippen molar-refractivity contribution in [3.8, 4) is 17.3 Å². The van der Waals surface area contributed by atoms with Crippen LogP contribution in [-0.4, -0.2) is 27.2 Å². The summed E-state index contributed by atoms with van der Waals surface area (Å²) < 4.78 is 11.5. The number of fused-ring (bicyclic) bond motifs is 7. The van der Waals surface area contributed by atoms with Crippen LogP contribution in [0, 0.1) is 0 Å². The van der Waals surface area contributed by atoms with E-state index in [0.29, 0.717) is 6.04 Å². The summed E-state index contributed by atoms with van der Waals surface area (Å²) in [5.74, 6) is 2.52. The molecular formula is C39H36N4OS. The second kappa shape index (κ2) is 10.4. The van der Waals surface area contributed by atoms with Crippen LogP contribution in [0.1, 0.15) is 40.2 Å². The Morgan fingerprint density at radius 2 is 1.60 bits per heavy atom. The predicted molar refractivity (Wildman–Crippen MR) is 190 cm³/mol. The van der Waals surface area contributed by atoms with Gasteiger partial charge < -0.3 is 14.5 Å². The summed E-state index contributed by atoms with van der Waals surface area (Å²) in [6.07, 6.45) is 6.23. The van der Waals surface area contributed by atoms with Crippen LogP contribution >= 0.6 is 11.3 Å². The minimum absolute atomic E-state index is 0.00311. The van der Waals surface area contributed by atoms with E-state index in [1.807, 2.05) is 23.6 Å². The predicted octanol–water partition coefficient (Wildman–Crippen LogP) is 10.6. The van der Waals surface area contributed by atoms with E-state index in [0.717, 1.165) is 35.2 Å². The summed E-state index contributed by atoms with van der Waals surface area (Å²) in [5.41, 5.74) is 4.62. The van der Waals surface area contributed by atoms with Gasteiger partial charge in [-0.2, -0.15) is 0 Å². The number of pyridine rings is 1. The third-order valence-electron chi connectivity index (χ3n) is 8.88. The molecule has 0 fully saturated rings. The zero-order chi connectivity index (χ0) is 30.9. The molecule has 0 aliphatic carbocycles. The molecule has 3 aromatic heterocycles. The maximum atomic E-state index is 6.57. The molecule has 0 unspecified atom stereocenters. The highest BCUT2D eigenvalue weighted by atomic mass is 32.1. The summed E-state index contributed by atoms with van der Waals surface area (Å²) in [6, 6.07) is 32.9. The van der Waals surface area contributed by atoms with Crippen molar-refractivity contribution >= 4 is 59.0 Å². The van der Waals surface area contributed by atoms with Gasteiger partial charge in [0, 0.05) is 73.4 Å². The molecule has 8 rings (SSSR count). The molecule has 1 aliphatic rings. The molecule has 7 aromatic rings. The van der Waals surface area contributed by atoms with Gasteiger partial charge in [0.2, 0.25) is 0 Å². The molecule has 0 bridgehead atoms. The summed E-state index contributed by atoms with van der Waals surface area (Å²) >= 11 is 1.85. The van der Waals surface area contributed by atoms with E-state index in [4.69, 9.17) is 9.72 Å². The fourth-order valence-electron chi connectivity index (χ4n) is 6.40. The molecule has 4 aromatic carbocycles. The molecule has 0 N–H and O–H groups in total. The molecule has 0 saturated carbocycles. The van der Waals surface area contributed by atoms with Crippen molar-refractivity contribution in [1.29, 1.82) is 0 Å². The van der Waals surface area contributed by atoms with E-state index in [2.05, 4.69) is 146 Å². The summed E-state index contributed by atoms with van der Waals surface area (Å²) in [7, 11) is 0. The lowest BCUT2D eigenvalue weighted by Gasteiger charge is -2.24. The Labute approximate surface area is 267 Å². The average Bonchev–Trinajstić information content (AvgIpc) is 3.75. The maximum absolute atomic E-state index is 6.57. The minimum Gasteiger partial charge on any atom is -0.457 e. The Kier molecular flexibility index (Phi) is 6.40.